The van der Waals surface area contributed by atoms with Gasteiger partial charge in [-0.1, -0.05) is 43.9 Å². The normalized spacial score (nSPS) is 14.2. The number of hydrogen-bond acceptors (Lipinski definition) is 0. The van der Waals surface area contributed by atoms with Crippen LogP contribution in [0, 0.1) is 0 Å². The first kappa shape index (κ1) is 25.4. The maximum Gasteiger partial charge on any atom is 0.0781 e. The standard InChI is InChI=1S/C21H52N2Si2/c1-11-22(5,12-2)17-15-19-24(7,8)21-25(9,10)20-16-18-23(6,13-3)14-4/h11-21H2,1-10H3/q+2. The van der Waals surface area contributed by atoms with Crippen molar-refractivity contribution in [3.63, 3.8) is 0 Å². The van der Waals surface area contributed by atoms with Crippen LogP contribution in [0.15, 0.2) is 0 Å². The summed E-state index contributed by atoms with van der Waals surface area (Å²) < 4.78 is 2.52. The van der Waals surface area contributed by atoms with Crippen LogP contribution in [0.25, 0.3) is 0 Å². The molecule has 0 saturated carbocycles. The van der Waals surface area contributed by atoms with Crippen LogP contribution in [0.2, 0.25) is 43.9 Å². The highest BCUT2D eigenvalue weighted by molar-refractivity contribution is 6.95. The van der Waals surface area contributed by atoms with Crippen molar-refractivity contribution in [1.29, 1.82) is 0 Å². The third-order valence-corrected chi connectivity index (χ3v) is 18.2. The van der Waals surface area contributed by atoms with Gasteiger partial charge in [-0.2, -0.15) is 0 Å². The topological polar surface area (TPSA) is 0 Å². The Labute approximate surface area is 163 Å². The molecule has 0 rings (SSSR count). The van der Waals surface area contributed by atoms with Gasteiger partial charge in [-0.25, -0.2) is 0 Å². The maximum atomic E-state index is 2.67. The van der Waals surface area contributed by atoms with Crippen LogP contribution >= 0.6 is 0 Å². The summed E-state index contributed by atoms with van der Waals surface area (Å²) >= 11 is 0. The van der Waals surface area contributed by atoms with E-state index < -0.39 is 16.1 Å². The van der Waals surface area contributed by atoms with Crippen LogP contribution < -0.4 is 0 Å². The van der Waals surface area contributed by atoms with Gasteiger partial charge in [-0.05, 0) is 40.5 Å². The molecule has 0 aliphatic heterocycles. The molecule has 0 N–H and O–H groups in total. The van der Waals surface area contributed by atoms with Crippen LogP contribution in [0.5, 0.6) is 0 Å². The molecule has 0 aliphatic carbocycles. The summed E-state index contributed by atoms with van der Waals surface area (Å²) in [5.74, 6) is 0. The van der Waals surface area contributed by atoms with Crippen molar-refractivity contribution in [2.45, 2.75) is 84.5 Å². The molecule has 0 bridgehead atoms. The summed E-state index contributed by atoms with van der Waals surface area (Å²) in [5.41, 5.74) is 1.63. The summed E-state index contributed by atoms with van der Waals surface area (Å²) in [5, 5.41) is 0. The molecule has 0 aromatic rings. The van der Waals surface area contributed by atoms with Crippen molar-refractivity contribution in [3.05, 3.63) is 0 Å². The Bertz CT molecular complexity index is 325. The molecule has 0 aliphatic rings. The van der Waals surface area contributed by atoms with E-state index in [0.29, 0.717) is 0 Å². The molecule has 25 heavy (non-hydrogen) atoms. The van der Waals surface area contributed by atoms with Gasteiger partial charge in [0.15, 0.2) is 0 Å². The van der Waals surface area contributed by atoms with Crippen molar-refractivity contribution in [2.75, 3.05) is 53.4 Å². The Morgan fingerprint density at radius 2 is 0.840 bits per heavy atom. The SMILES string of the molecule is CC[N+](C)(CC)CCC[Si](C)(C)C[Si](C)(C)CCC[N+](C)(CC)CC. The molecule has 0 saturated heterocycles. The van der Waals surface area contributed by atoms with E-state index in [1.807, 2.05) is 0 Å². The molecule has 0 unspecified atom stereocenters. The molecule has 2 nitrogen and oxygen atoms in total. The fourth-order valence-electron chi connectivity index (χ4n) is 4.43. The van der Waals surface area contributed by atoms with Gasteiger partial charge in [0, 0.05) is 16.1 Å². The summed E-state index contributed by atoms with van der Waals surface area (Å²) in [6.45, 7) is 28.0. The summed E-state index contributed by atoms with van der Waals surface area (Å²) in [6.07, 6.45) is 2.89. The monoisotopic (exact) mass is 388 g/mol. The van der Waals surface area contributed by atoms with Gasteiger partial charge >= 0.3 is 0 Å². The Kier molecular flexibility index (Phi) is 10.8. The smallest absolute Gasteiger partial charge is 0.0781 e. The Morgan fingerprint density at radius 1 is 0.560 bits per heavy atom. The lowest BCUT2D eigenvalue weighted by atomic mass is 10.3. The lowest BCUT2D eigenvalue weighted by molar-refractivity contribution is -0.906. The van der Waals surface area contributed by atoms with Crippen molar-refractivity contribution < 1.29 is 8.97 Å². The molecule has 0 spiro atoms. The van der Waals surface area contributed by atoms with E-state index in [2.05, 4.69) is 68.0 Å². The zero-order valence-electron chi connectivity index (χ0n) is 19.7. The first-order valence-corrected chi connectivity index (χ1v) is 17.9. The van der Waals surface area contributed by atoms with Gasteiger partial charge in [0.2, 0.25) is 0 Å². The highest BCUT2D eigenvalue weighted by Gasteiger charge is 2.32. The molecule has 0 amide bonds. The predicted molar refractivity (Wildman–Crippen MR) is 123 cm³/mol. The van der Waals surface area contributed by atoms with E-state index in [0.717, 1.165) is 0 Å². The Morgan fingerprint density at radius 3 is 1.08 bits per heavy atom. The number of nitrogens with zero attached hydrogens (tertiary/aromatic N) is 2. The quantitative estimate of drug-likeness (QED) is 0.265. The molecule has 0 aromatic carbocycles. The average molecular weight is 389 g/mol. The zero-order chi connectivity index (χ0) is 19.8. The minimum absolute atomic E-state index is 1.03. The van der Waals surface area contributed by atoms with Gasteiger partial charge in [0.25, 0.3) is 0 Å². The minimum atomic E-state index is -1.03. The van der Waals surface area contributed by atoms with Crippen LogP contribution in [-0.4, -0.2) is 78.5 Å². The molecule has 0 heterocycles. The molecule has 4 heteroatoms. The Balaban J connectivity index is 4.41. The first-order valence-electron chi connectivity index (χ1n) is 11.0. The zero-order valence-corrected chi connectivity index (χ0v) is 21.7. The van der Waals surface area contributed by atoms with E-state index in [4.69, 9.17) is 0 Å². The fourth-order valence-corrected chi connectivity index (χ4v) is 18.4. The maximum absolute atomic E-state index is 2.67. The van der Waals surface area contributed by atoms with Crippen LogP contribution in [0.3, 0.4) is 0 Å². The molecule has 152 valence electrons. The summed E-state index contributed by atoms with van der Waals surface area (Å²) in [6, 6.07) is 3.07. The van der Waals surface area contributed by atoms with Gasteiger partial charge in [-0.3, -0.25) is 0 Å². The number of hydrogen-bond donors (Lipinski definition) is 0. The third kappa shape index (κ3) is 10.3. The molecule has 0 fully saturated rings. The highest BCUT2D eigenvalue weighted by Crippen LogP contribution is 2.29. The lowest BCUT2D eigenvalue weighted by Crippen LogP contribution is -2.46. The van der Waals surface area contributed by atoms with E-state index in [9.17, 15) is 0 Å². The van der Waals surface area contributed by atoms with Gasteiger partial charge in [0.05, 0.1) is 53.4 Å². The largest absolute Gasteiger partial charge is 0.327 e. The lowest BCUT2D eigenvalue weighted by Gasteiger charge is -2.36. The second kappa shape index (κ2) is 10.6. The number of rotatable bonds is 14. The minimum Gasteiger partial charge on any atom is -0.327 e. The van der Waals surface area contributed by atoms with Crippen LogP contribution in [0.4, 0.5) is 0 Å². The van der Waals surface area contributed by atoms with Crippen molar-refractivity contribution >= 4 is 16.1 Å². The van der Waals surface area contributed by atoms with Gasteiger partial charge in [-0.15, -0.1) is 0 Å². The molecular formula is C21H52N2Si2+2. The second-order valence-corrected chi connectivity index (χ2v) is 21.7. The fraction of sp³-hybridized carbons (Fsp3) is 1.00. The van der Waals surface area contributed by atoms with Crippen molar-refractivity contribution in [1.82, 2.24) is 0 Å². The summed E-state index contributed by atoms with van der Waals surface area (Å²) in [7, 11) is 2.81. The van der Waals surface area contributed by atoms with Crippen molar-refractivity contribution in [3.8, 4) is 0 Å². The second-order valence-electron chi connectivity index (χ2n) is 10.7. The number of quaternary nitrogens is 2. The molecule has 0 radical (unpaired) electrons. The first-order chi connectivity index (χ1) is 11.4. The average Bonchev–Trinajstić information content (AvgIpc) is 2.52. The molecule has 0 atom stereocenters. The van der Waals surface area contributed by atoms with Gasteiger partial charge < -0.3 is 8.97 Å². The van der Waals surface area contributed by atoms with E-state index in [1.54, 1.807) is 5.67 Å². The molecular weight excluding hydrogens is 336 g/mol. The van der Waals surface area contributed by atoms with Gasteiger partial charge in [0.1, 0.15) is 0 Å². The molecule has 0 aromatic heterocycles. The van der Waals surface area contributed by atoms with Crippen molar-refractivity contribution in [2.24, 2.45) is 0 Å². The van der Waals surface area contributed by atoms with E-state index in [1.165, 1.54) is 73.2 Å². The third-order valence-electron chi connectivity index (χ3n) is 7.11. The van der Waals surface area contributed by atoms with Crippen LogP contribution in [-0.2, 0) is 0 Å². The summed E-state index contributed by atoms with van der Waals surface area (Å²) in [4.78, 5) is 0. The van der Waals surface area contributed by atoms with Crippen LogP contribution in [0.1, 0.15) is 40.5 Å². The predicted octanol–water partition coefficient (Wildman–Crippen LogP) is 5.70. The van der Waals surface area contributed by atoms with E-state index >= 15 is 0 Å². The Hall–Kier alpha value is 0.354. The van der Waals surface area contributed by atoms with E-state index in [-0.39, 0.29) is 0 Å². The highest BCUT2D eigenvalue weighted by atomic mass is 28.4.